The topological polar surface area (TPSA) is 97.5 Å². The summed E-state index contributed by atoms with van der Waals surface area (Å²) in [6, 6.07) is 3.52. The Morgan fingerprint density at radius 1 is 1.26 bits per heavy atom. The lowest BCUT2D eigenvalue weighted by Gasteiger charge is -2.36. The van der Waals surface area contributed by atoms with Crippen molar-refractivity contribution in [1.29, 1.82) is 0 Å². The van der Waals surface area contributed by atoms with Crippen molar-refractivity contribution >= 4 is 11.9 Å². The highest BCUT2D eigenvalue weighted by molar-refractivity contribution is 5.94. The van der Waals surface area contributed by atoms with Crippen LogP contribution in [0.15, 0.2) is 30.7 Å². The van der Waals surface area contributed by atoms with Gasteiger partial charge in [0.2, 0.25) is 0 Å². The van der Waals surface area contributed by atoms with E-state index in [2.05, 4.69) is 10.1 Å². The lowest BCUT2D eigenvalue weighted by molar-refractivity contribution is -0.192. The number of nitrogens with zero attached hydrogens (tertiary/aromatic N) is 4. The van der Waals surface area contributed by atoms with Crippen molar-refractivity contribution in [2.75, 3.05) is 19.8 Å². The number of aryl methyl sites for hydroxylation is 1. The number of aliphatic carboxylic acids is 1. The number of hydrogen-bond donors (Lipinski definition) is 1. The molecular formula is C20H23F3N4O4. The van der Waals surface area contributed by atoms with Crippen LogP contribution in [0.3, 0.4) is 0 Å². The van der Waals surface area contributed by atoms with Crippen molar-refractivity contribution in [3.63, 3.8) is 0 Å². The highest BCUT2D eigenvalue weighted by Crippen LogP contribution is 2.33. The minimum atomic E-state index is -5.08. The second-order valence-corrected chi connectivity index (χ2v) is 7.47. The number of pyridine rings is 1. The number of carboxylic acids is 1. The van der Waals surface area contributed by atoms with Gasteiger partial charge in [0.1, 0.15) is 0 Å². The fourth-order valence-electron chi connectivity index (χ4n) is 3.36. The van der Waals surface area contributed by atoms with E-state index in [9.17, 15) is 18.0 Å². The van der Waals surface area contributed by atoms with Gasteiger partial charge in [-0.2, -0.15) is 18.3 Å². The van der Waals surface area contributed by atoms with Crippen molar-refractivity contribution < 1.29 is 32.6 Å². The number of amides is 1. The standard InChI is InChI=1S/C18H22N4O2.C2HF3O2/c1-21-17-14(10-20-21)6-8-22(16(17)12-24-11-13-4-5-13)18(23)15-3-2-7-19-9-15;3-2(4,5)1(6)7/h2-3,7,9-10,13,16H,4-6,8,11-12H2,1H3;(H,6,7). The number of hydrogen-bond acceptors (Lipinski definition) is 5. The summed E-state index contributed by atoms with van der Waals surface area (Å²) < 4.78 is 39.6. The smallest absolute Gasteiger partial charge is 0.475 e. The molecule has 1 aliphatic carbocycles. The van der Waals surface area contributed by atoms with Gasteiger partial charge in [-0.3, -0.25) is 14.5 Å². The number of rotatable bonds is 5. The van der Waals surface area contributed by atoms with Crippen LogP contribution in [0.1, 0.15) is 40.5 Å². The van der Waals surface area contributed by atoms with Crippen LogP contribution in [-0.4, -0.2) is 62.6 Å². The summed E-state index contributed by atoms with van der Waals surface area (Å²) in [5, 5.41) is 11.5. The predicted octanol–water partition coefficient (Wildman–Crippen LogP) is 2.61. The average Bonchev–Trinajstić information content (AvgIpc) is 3.49. The first-order valence-electron chi connectivity index (χ1n) is 9.78. The summed E-state index contributed by atoms with van der Waals surface area (Å²) in [7, 11) is 1.94. The Morgan fingerprint density at radius 2 is 1.97 bits per heavy atom. The number of carbonyl (C=O) groups excluding carboxylic acids is 1. The number of carboxylic acid groups (broad SMARTS) is 1. The number of aromatic nitrogens is 3. The van der Waals surface area contributed by atoms with Gasteiger partial charge < -0.3 is 14.7 Å². The third-order valence-corrected chi connectivity index (χ3v) is 5.12. The number of alkyl halides is 3. The van der Waals surface area contributed by atoms with Crippen molar-refractivity contribution in [3.05, 3.63) is 47.5 Å². The van der Waals surface area contributed by atoms with Crippen LogP contribution in [0, 0.1) is 5.92 Å². The van der Waals surface area contributed by atoms with E-state index >= 15 is 0 Å². The van der Waals surface area contributed by atoms with Crippen molar-refractivity contribution in [2.24, 2.45) is 13.0 Å². The fraction of sp³-hybridized carbons (Fsp3) is 0.500. The molecule has 11 heteroatoms. The molecule has 1 unspecified atom stereocenters. The number of carbonyl (C=O) groups is 2. The maximum absolute atomic E-state index is 13.0. The Bertz CT molecular complexity index is 913. The zero-order chi connectivity index (χ0) is 22.6. The maximum Gasteiger partial charge on any atom is 0.490 e. The molecule has 0 aromatic carbocycles. The molecule has 2 aliphatic rings. The first-order valence-corrected chi connectivity index (χ1v) is 9.78. The molecule has 31 heavy (non-hydrogen) atoms. The number of halogens is 3. The fourth-order valence-corrected chi connectivity index (χ4v) is 3.36. The van der Waals surface area contributed by atoms with E-state index in [1.807, 2.05) is 28.9 Å². The monoisotopic (exact) mass is 440 g/mol. The Labute approximate surface area is 176 Å². The van der Waals surface area contributed by atoms with Gasteiger partial charge in [0.05, 0.1) is 30.1 Å². The zero-order valence-electron chi connectivity index (χ0n) is 16.9. The van der Waals surface area contributed by atoms with E-state index in [-0.39, 0.29) is 11.9 Å². The largest absolute Gasteiger partial charge is 0.490 e. The molecule has 168 valence electrons. The lowest BCUT2D eigenvalue weighted by atomic mass is 9.99. The van der Waals surface area contributed by atoms with Crippen LogP contribution >= 0.6 is 0 Å². The number of fused-ring (bicyclic) bond motifs is 1. The van der Waals surface area contributed by atoms with Crippen molar-refractivity contribution in [3.8, 4) is 0 Å². The quantitative estimate of drug-likeness (QED) is 0.768. The molecule has 1 atom stereocenters. The SMILES string of the molecule is Cn1ncc2c1C(COCC1CC1)N(C(=O)c1cccnc1)CC2.O=C(O)C(F)(F)F. The van der Waals surface area contributed by atoms with Gasteiger partial charge in [0.25, 0.3) is 5.91 Å². The Balaban J connectivity index is 0.000000339. The van der Waals surface area contributed by atoms with E-state index in [1.54, 1.807) is 18.5 Å². The first kappa shape index (κ1) is 22.7. The Hall–Kier alpha value is -2.95. The highest BCUT2D eigenvalue weighted by Gasteiger charge is 2.38. The molecule has 2 aromatic heterocycles. The summed E-state index contributed by atoms with van der Waals surface area (Å²) in [6.07, 6.45) is 3.50. The van der Waals surface area contributed by atoms with E-state index in [4.69, 9.17) is 14.6 Å². The van der Waals surface area contributed by atoms with Crippen molar-refractivity contribution in [2.45, 2.75) is 31.5 Å². The van der Waals surface area contributed by atoms with Gasteiger partial charge in [0, 0.05) is 32.6 Å². The van der Waals surface area contributed by atoms with Crippen LogP contribution in [0.4, 0.5) is 13.2 Å². The Morgan fingerprint density at radius 3 is 2.55 bits per heavy atom. The molecule has 0 radical (unpaired) electrons. The van der Waals surface area contributed by atoms with E-state index in [0.29, 0.717) is 24.6 Å². The second-order valence-electron chi connectivity index (χ2n) is 7.47. The van der Waals surface area contributed by atoms with Gasteiger partial charge in [-0.1, -0.05) is 0 Å². The number of ether oxygens (including phenoxy) is 1. The Kier molecular flexibility index (Phi) is 6.94. The van der Waals surface area contributed by atoms with E-state index in [0.717, 1.165) is 18.7 Å². The van der Waals surface area contributed by atoms with Crippen LogP contribution in [0.2, 0.25) is 0 Å². The van der Waals surface area contributed by atoms with Gasteiger partial charge in [-0.15, -0.1) is 0 Å². The molecule has 1 amide bonds. The van der Waals surface area contributed by atoms with Crippen LogP contribution in [0.5, 0.6) is 0 Å². The maximum atomic E-state index is 13.0. The first-order chi connectivity index (χ1) is 14.7. The summed E-state index contributed by atoms with van der Waals surface area (Å²) in [6.45, 7) is 2.00. The molecule has 1 saturated carbocycles. The van der Waals surface area contributed by atoms with E-state index in [1.165, 1.54) is 18.4 Å². The van der Waals surface area contributed by atoms with Crippen LogP contribution < -0.4 is 0 Å². The molecular weight excluding hydrogens is 417 g/mol. The van der Waals surface area contributed by atoms with Gasteiger partial charge in [0.15, 0.2) is 0 Å². The summed E-state index contributed by atoms with van der Waals surface area (Å²) in [4.78, 5) is 27.8. The molecule has 4 rings (SSSR count). The van der Waals surface area contributed by atoms with Gasteiger partial charge in [-0.25, -0.2) is 4.79 Å². The van der Waals surface area contributed by atoms with E-state index < -0.39 is 12.1 Å². The predicted molar refractivity (Wildman–Crippen MR) is 102 cm³/mol. The molecule has 3 heterocycles. The van der Waals surface area contributed by atoms with Crippen molar-refractivity contribution in [1.82, 2.24) is 19.7 Å². The minimum absolute atomic E-state index is 0.00923. The molecule has 0 bridgehead atoms. The second kappa shape index (κ2) is 9.46. The highest BCUT2D eigenvalue weighted by atomic mass is 19.4. The van der Waals surface area contributed by atoms with Gasteiger partial charge >= 0.3 is 12.1 Å². The average molecular weight is 440 g/mol. The van der Waals surface area contributed by atoms with Crippen LogP contribution in [0.25, 0.3) is 0 Å². The molecule has 0 spiro atoms. The normalized spacial score (nSPS) is 18.1. The zero-order valence-corrected chi connectivity index (χ0v) is 16.9. The minimum Gasteiger partial charge on any atom is -0.475 e. The molecule has 0 saturated heterocycles. The van der Waals surface area contributed by atoms with Crippen LogP contribution in [-0.2, 0) is 23.0 Å². The molecule has 1 N–H and O–H groups in total. The summed E-state index contributed by atoms with van der Waals surface area (Å²) >= 11 is 0. The lowest BCUT2D eigenvalue weighted by Crippen LogP contribution is -2.42. The molecule has 1 aliphatic heterocycles. The summed E-state index contributed by atoms with van der Waals surface area (Å²) in [5.41, 5.74) is 2.93. The third kappa shape index (κ3) is 5.81. The third-order valence-electron chi connectivity index (χ3n) is 5.12. The van der Waals surface area contributed by atoms with Gasteiger partial charge in [-0.05, 0) is 42.9 Å². The molecule has 2 aromatic rings. The molecule has 1 fully saturated rings. The molecule has 8 nitrogen and oxygen atoms in total. The summed E-state index contributed by atoms with van der Waals surface area (Å²) in [5.74, 6) is -2.04.